The second kappa shape index (κ2) is 7.22. The van der Waals surface area contributed by atoms with Gasteiger partial charge in [-0.15, -0.1) is 0 Å². The van der Waals surface area contributed by atoms with E-state index >= 15 is 0 Å². The molecular weight excluding hydrogens is 255 g/mol. The third kappa shape index (κ3) is 5.26. The first-order chi connectivity index (χ1) is 8.02. The molecule has 1 atom stereocenters. The highest BCUT2D eigenvalue weighted by atomic mass is 35.5. The van der Waals surface area contributed by atoms with Gasteiger partial charge in [-0.3, -0.25) is 0 Å². The first-order valence-corrected chi connectivity index (χ1v) is 6.55. The molecule has 17 heavy (non-hydrogen) atoms. The molecule has 0 fully saturated rings. The maximum Gasteiger partial charge on any atom is 0.0595 e. The summed E-state index contributed by atoms with van der Waals surface area (Å²) in [5.41, 5.74) is 1.19. The van der Waals surface area contributed by atoms with E-state index in [2.05, 4.69) is 24.2 Å². The lowest BCUT2D eigenvalue weighted by Gasteiger charge is -2.21. The highest BCUT2D eigenvalue weighted by Crippen LogP contribution is 2.23. The summed E-state index contributed by atoms with van der Waals surface area (Å²) in [6, 6.07) is 5.81. The second-order valence-corrected chi connectivity index (χ2v) is 5.42. The number of rotatable bonds is 6. The molecule has 0 saturated heterocycles. The third-order valence-electron chi connectivity index (χ3n) is 2.61. The lowest BCUT2D eigenvalue weighted by Crippen LogP contribution is -2.29. The summed E-state index contributed by atoms with van der Waals surface area (Å²) in [7, 11) is 4.10. The third-order valence-corrected chi connectivity index (χ3v) is 3.35. The number of nitrogens with one attached hydrogen (secondary N) is 1. The zero-order valence-electron chi connectivity index (χ0n) is 10.6. The summed E-state index contributed by atoms with van der Waals surface area (Å²) >= 11 is 11.9. The minimum absolute atomic E-state index is 0.613. The first-order valence-electron chi connectivity index (χ1n) is 5.80. The lowest BCUT2D eigenvalue weighted by molar-refractivity contribution is 0.276. The van der Waals surface area contributed by atoms with Crippen molar-refractivity contribution in [2.45, 2.75) is 13.5 Å². The number of halogens is 2. The second-order valence-electron chi connectivity index (χ2n) is 4.61. The van der Waals surface area contributed by atoms with Crippen LogP contribution < -0.4 is 5.32 Å². The Kier molecular flexibility index (Phi) is 6.28. The molecule has 0 aliphatic carbocycles. The SMILES string of the molecule is CNCC(C)CN(C)Cc1ccc(Cl)c(Cl)c1. The van der Waals surface area contributed by atoms with Crippen LogP contribution in [0.3, 0.4) is 0 Å². The van der Waals surface area contributed by atoms with Gasteiger partial charge >= 0.3 is 0 Å². The van der Waals surface area contributed by atoms with Gasteiger partial charge in [-0.05, 0) is 44.3 Å². The summed E-state index contributed by atoms with van der Waals surface area (Å²) in [5.74, 6) is 0.632. The fourth-order valence-electron chi connectivity index (χ4n) is 1.96. The zero-order chi connectivity index (χ0) is 12.8. The van der Waals surface area contributed by atoms with E-state index in [1.165, 1.54) is 5.56 Å². The van der Waals surface area contributed by atoms with Crippen LogP contribution in [0, 0.1) is 5.92 Å². The molecule has 1 rings (SSSR count). The van der Waals surface area contributed by atoms with Crippen LogP contribution in [-0.2, 0) is 6.54 Å². The standard InChI is InChI=1S/C13H20Cl2N2/c1-10(7-16-2)8-17(3)9-11-4-5-12(14)13(15)6-11/h4-6,10,16H,7-9H2,1-3H3. The summed E-state index contributed by atoms with van der Waals surface area (Å²) < 4.78 is 0. The molecule has 4 heteroatoms. The van der Waals surface area contributed by atoms with Crippen LogP contribution in [0.1, 0.15) is 12.5 Å². The molecule has 1 aromatic carbocycles. The number of hydrogen-bond donors (Lipinski definition) is 1. The van der Waals surface area contributed by atoms with Crippen molar-refractivity contribution >= 4 is 23.2 Å². The van der Waals surface area contributed by atoms with Crippen LogP contribution in [0.2, 0.25) is 10.0 Å². The monoisotopic (exact) mass is 274 g/mol. The Labute approximate surface area is 114 Å². The van der Waals surface area contributed by atoms with E-state index in [4.69, 9.17) is 23.2 Å². The van der Waals surface area contributed by atoms with Gasteiger partial charge in [0.2, 0.25) is 0 Å². The van der Waals surface area contributed by atoms with Crippen molar-refractivity contribution < 1.29 is 0 Å². The first kappa shape index (κ1) is 14.8. The molecule has 0 saturated carbocycles. The number of nitrogens with zero attached hydrogens (tertiary/aromatic N) is 1. The molecule has 0 aliphatic rings. The molecule has 2 nitrogen and oxygen atoms in total. The van der Waals surface area contributed by atoms with Gasteiger partial charge in [-0.25, -0.2) is 0 Å². The Morgan fingerprint density at radius 3 is 2.59 bits per heavy atom. The molecule has 0 heterocycles. The topological polar surface area (TPSA) is 15.3 Å². The van der Waals surface area contributed by atoms with Crippen molar-refractivity contribution in [1.82, 2.24) is 10.2 Å². The number of benzene rings is 1. The molecule has 0 amide bonds. The quantitative estimate of drug-likeness (QED) is 0.857. The highest BCUT2D eigenvalue weighted by molar-refractivity contribution is 6.42. The van der Waals surface area contributed by atoms with Crippen molar-refractivity contribution in [3.63, 3.8) is 0 Å². The summed E-state index contributed by atoms with van der Waals surface area (Å²) in [4.78, 5) is 2.29. The summed E-state index contributed by atoms with van der Waals surface area (Å²) in [6.07, 6.45) is 0. The minimum Gasteiger partial charge on any atom is -0.319 e. The van der Waals surface area contributed by atoms with Gasteiger partial charge in [0.05, 0.1) is 10.0 Å². The van der Waals surface area contributed by atoms with Crippen LogP contribution in [0.4, 0.5) is 0 Å². The van der Waals surface area contributed by atoms with Gasteiger partial charge in [-0.2, -0.15) is 0 Å². The number of hydrogen-bond acceptors (Lipinski definition) is 2. The zero-order valence-corrected chi connectivity index (χ0v) is 12.1. The van der Waals surface area contributed by atoms with Gasteiger partial charge in [0.15, 0.2) is 0 Å². The Balaban J connectivity index is 2.50. The van der Waals surface area contributed by atoms with Gasteiger partial charge in [-0.1, -0.05) is 36.2 Å². The van der Waals surface area contributed by atoms with Crippen molar-refractivity contribution in [1.29, 1.82) is 0 Å². The van der Waals surface area contributed by atoms with Crippen molar-refractivity contribution in [3.8, 4) is 0 Å². The molecule has 0 bridgehead atoms. The van der Waals surface area contributed by atoms with Crippen molar-refractivity contribution in [2.75, 3.05) is 27.2 Å². The van der Waals surface area contributed by atoms with E-state index in [0.29, 0.717) is 16.0 Å². The van der Waals surface area contributed by atoms with Crippen LogP contribution in [0.5, 0.6) is 0 Å². The summed E-state index contributed by atoms with van der Waals surface area (Å²) in [5, 5.41) is 4.43. The van der Waals surface area contributed by atoms with Gasteiger partial charge in [0.25, 0.3) is 0 Å². The Hall–Kier alpha value is -0.280. The van der Waals surface area contributed by atoms with Gasteiger partial charge < -0.3 is 10.2 Å². The lowest BCUT2D eigenvalue weighted by atomic mass is 10.1. The average molecular weight is 275 g/mol. The van der Waals surface area contributed by atoms with Crippen LogP contribution in [0.25, 0.3) is 0 Å². The smallest absolute Gasteiger partial charge is 0.0595 e. The molecule has 1 unspecified atom stereocenters. The average Bonchev–Trinajstić information content (AvgIpc) is 2.23. The van der Waals surface area contributed by atoms with Crippen LogP contribution in [-0.4, -0.2) is 32.1 Å². The van der Waals surface area contributed by atoms with E-state index in [1.807, 2.05) is 25.2 Å². The molecule has 0 aromatic heterocycles. The Morgan fingerprint density at radius 1 is 1.29 bits per heavy atom. The Bertz CT molecular complexity index is 355. The normalized spacial score (nSPS) is 13.1. The molecule has 1 N–H and O–H groups in total. The molecule has 0 aliphatic heterocycles. The van der Waals surface area contributed by atoms with E-state index < -0.39 is 0 Å². The van der Waals surface area contributed by atoms with E-state index in [0.717, 1.165) is 19.6 Å². The maximum atomic E-state index is 5.99. The largest absolute Gasteiger partial charge is 0.319 e. The van der Waals surface area contributed by atoms with Crippen LogP contribution >= 0.6 is 23.2 Å². The highest BCUT2D eigenvalue weighted by Gasteiger charge is 2.07. The molecular formula is C13H20Cl2N2. The van der Waals surface area contributed by atoms with E-state index in [-0.39, 0.29) is 0 Å². The van der Waals surface area contributed by atoms with Gasteiger partial charge in [0.1, 0.15) is 0 Å². The van der Waals surface area contributed by atoms with Gasteiger partial charge in [0, 0.05) is 13.1 Å². The molecule has 0 radical (unpaired) electrons. The fourth-order valence-corrected chi connectivity index (χ4v) is 2.28. The van der Waals surface area contributed by atoms with E-state index in [1.54, 1.807) is 0 Å². The molecule has 96 valence electrons. The predicted octanol–water partition coefficient (Wildman–Crippen LogP) is 3.28. The molecule has 1 aromatic rings. The van der Waals surface area contributed by atoms with E-state index in [9.17, 15) is 0 Å². The predicted molar refractivity (Wildman–Crippen MR) is 75.9 cm³/mol. The Morgan fingerprint density at radius 2 is 2.00 bits per heavy atom. The summed E-state index contributed by atoms with van der Waals surface area (Å²) in [6.45, 7) is 5.22. The fraction of sp³-hybridized carbons (Fsp3) is 0.538. The maximum absolute atomic E-state index is 5.99. The van der Waals surface area contributed by atoms with Crippen LogP contribution in [0.15, 0.2) is 18.2 Å². The van der Waals surface area contributed by atoms with Crippen molar-refractivity contribution in [3.05, 3.63) is 33.8 Å². The molecule has 0 spiro atoms. The minimum atomic E-state index is 0.613. The van der Waals surface area contributed by atoms with Crippen molar-refractivity contribution in [2.24, 2.45) is 5.92 Å².